The van der Waals surface area contributed by atoms with E-state index in [9.17, 15) is 0 Å². The van der Waals surface area contributed by atoms with E-state index in [1.54, 1.807) is 0 Å². The minimum atomic E-state index is -0.393. The molecule has 2 aliphatic heterocycles. The molecule has 2 saturated heterocycles. The van der Waals surface area contributed by atoms with Crippen LogP contribution in [-0.2, 0) is 18.9 Å². The average molecular weight is 206 g/mol. The molecule has 2 aliphatic rings. The van der Waals surface area contributed by atoms with Crippen molar-refractivity contribution in [2.75, 3.05) is 26.8 Å². The molecule has 14 heavy (non-hydrogen) atoms. The molecule has 0 unspecified atom stereocenters. The summed E-state index contributed by atoms with van der Waals surface area (Å²) in [6, 6.07) is 0. The first-order valence-corrected chi connectivity index (χ1v) is 4.55. The molecule has 0 spiro atoms. The van der Waals surface area contributed by atoms with Crippen LogP contribution >= 0.6 is 0 Å². The number of hydrogen-bond donors (Lipinski definition) is 2. The fraction of sp³-hybridized carbons (Fsp3) is 1.00. The zero-order valence-corrected chi connectivity index (χ0v) is 7.67. The molecule has 6 nitrogen and oxygen atoms in total. The lowest BCUT2D eigenvalue weighted by Gasteiger charge is -2.23. The van der Waals surface area contributed by atoms with Crippen molar-refractivity contribution in [1.29, 1.82) is 0 Å². The fourth-order valence-electron chi connectivity index (χ4n) is 1.74. The van der Waals surface area contributed by atoms with Crippen molar-refractivity contribution < 1.29 is 29.2 Å². The largest absolute Gasteiger partial charge is 0.394 e. The second-order valence-corrected chi connectivity index (χ2v) is 3.27. The van der Waals surface area contributed by atoms with Gasteiger partial charge in [0.05, 0.1) is 13.2 Å². The SMILES string of the molecule is OC[C@H]1OCO[C@H]1[C@@H]1OCO[C@@H]1CO. The summed E-state index contributed by atoms with van der Waals surface area (Å²) in [5.41, 5.74) is 0. The Morgan fingerprint density at radius 1 is 0.786 bits per heavy atom. The molecule has 0 aromatic carbocycles. The number of aliphatic hydroxyl groups excluding tert-OH is 2. The van der Waals surface area contributed by atoms with Gasteiger partial charge in [-0.05, 0) is 0 Å². The van der Waals surface area contributed by atoms with E-state index in [0.29, 0.717) is 0 Å². The van der Waals surface area contributed by atoms with Crippen LogP contribution in [0.5, 0.6) is 0 Å². The van der Waals surface area contributed by atoms with Gasteiger partial charge >= 0.3 is 0 Å². The predicted octanol–water partition coefficient (Wildman–Crippen LogP) is -1.55. The third-order valence-corrected chi connectivity index (χ3v) is 2.50. The third kappa shape index (κ3) is 1.77. The van der Waals surface area contributed by atoms with Gasteiger partial charge in [-0.1, -0.05) is 0 Å². The van der Waals surface area contributed by atoms with Gasteiger partial charge in [0.25, 0.3) is 0 Å². The Morgan fingerprint density at radius 2 is 1.21 bits per heavy atom. The van der Waals surface area contributed by atoms with E-state index in [1.807, 2.05) is 0 Å². The van der Waals surface area contributed by atoms with Crippen molar-refractivity contribution >= 4 is 0 Å². The highest BCUT2D eigenvalue weighted by molar-refractivity contribution is 4.88. The molecule has 0 aromatic heterocycles. The van der Waals surface area contributed by atoms with Gasteiger partial charge in [0.2, 0.25) is 0 Å². The molecule has 2 rings (SSSR count). The lowest BCUT2D eigenvalue weighted by molar-refractivity contribution is -0.0380. The van der Waals surface area contributed by atoms with Gasteiger partial charge in [-0.15, -0.1) is 0 Å². The highest BCUT2D eigenvalue weighted by atomic mass is 16.8. The number of rotatable bonds is 3. The minimum Gasteiger partial charge on any atom is -0.394 e. The molecule has 2 N–H and O–H groups in total. The maximum atomic E-state index is 8.99. The van der Waals surface area contributed by atoms with Crippen LogP contribution in [0.15, 0.2) is 0 Å². The molecule has 6 heteroatoms. The van der Waals surface area contributed by atoms with Gasteiger partial charge in [0.1, 0.15) is 38.0 Å². The van der Waals surface area contributed by atoms with Crippen LogP contribution in [0.2, 0.25) is 0 Å². The lowest BCUT2D eigenvalue weighted by Crippen LogP contribution is -2.44. The molecule has 0 saturated carbocycles. The molecule has 4 atom stereocenters. The minimum absolute atomic E-state index is 0.122. The van der Waals surface area contributed by atoms with Crippen molar-refractivity contribution in [1.82, 2.24) is 0 Å². The molecular weight excluding hydrogens is 192 g/mol. The molecule has 0 bridgehead atoms. The fourth-order valence-corrected chi connectivity index (χ4v) is 1.74. The van der Waals surface area contributed by atoms with Crippen LogP contribution in [0.3, 0.4) is 0 Å². The van der Waals surface area contributed by atoms with E-state index in [1.165, 1.54) is 0 Å². The highest BCUT2D eigenvalue weighted by Gasteiger charge is 2.43. The van der Waals surface area contributed by atoms with Crippen molar-refractivity contribution in [2.24, 2.45) is 0 Å². The summed E-state index contributed by atoms with van der Waals surface area (Å²) in [6.07, 6.45) is -1.51. The topological polar surface area (TPSA) is 77.4 Å². The van der Waals surface area contributed by atoms with Crippen LogP contribution < -0.4 is 0 Å². The van der Waals surface area contributed by atoms with E-state index >= 15 is 0 Å². The Balaban J connectivity index is 1.98. The first-order chi connectivity index (χ1) is 6.86. The van der Waals surface area contributed by atoms with Crippen LogP contribution in [0.1, 0.15) is 0 Å². The molecule has 2 fully saturated rings. The van der Waals surface area contributed by atoms with Crippen LogP contribution in [-0.4, -0.2) is 61.4 Å². The summed E-state index contributed by atoms with van der Waals surface area (Å²) in [5, 5.41) is 18.0. The number of aliphatic hydroxyl groups is 2. The van der Waals surface area contributed by atoms with Gasteiger partial charge in [0.15, 0.2) is 0 Å². The molecule has 0 aromatic rings. The molecule has 82 valence electrons. The summed E-state index contributed by atoms with van der Waals surface area (Å²) in [5.74, 6) is 0. The third-order valence-electron chi connectivity index (χ3n) is 2.50. The summed E-state index contributed by atoms with van der Waals surface area (Å²) in [4.78, 5) is 0. The van der Waals surface area contributed by atoms with E-state index < -0.39 is 12.2 Å². The highest BCUT2D eigenvalue weighted by Crippen LogP contribution is 2.25. The normalized spacial score (nSPS) is 43.3. The molecular formula is C8H14O6. The predicted molar refractivity (Wildman–Crippen MR) is 43.4 cm³/mol. The van der Waals surface area contributed by atoms with E-state index in [-0.39, 0.29) is 39.0 Å². The van der Waals surface area contributed by atoms with Gasteiger partial charge in [-0.2, -0.15) is 0 Å². The van der Waals surface area contributed by atoms with Crippen molar-refractivity contribution in [3.63, 3.8) is 0 Å². The zero-order chi connectivity index (χ0) is 9.97. The van der Waals surface area contributed by atoms with E-state index in [4.69, 9.17) is 29.2 Å². The van der Waals surface area contributed by atoms with Crippen molar-refractivity contribution in [3.05, 3.63) is 0 Å². The molecule has 0 amide bonds. The molecule has 0 aliphatic carbocycles. The quantitative estimate of drug-likeness (QED) is 0.582. The Hall–Kier alpha value is -0.240. The zero-order valence-electron chi connectivity index (χ0n) is 7.67. The molecule has 2 heterocycles. The lowest BCUT2D eigenvalue weighted by atomic mass is 10.0. The van der Waals surface area contributed by atoms with Crippen LogP contribution in [0.4, 0.5) is 0 Å². The Morgan fingerprint density at radius 3 is 1.57 bits per heavy atom. The Bertz CT molecular complexity index is 167. The van der Waals surface area contributed by atoms with Gasteiger partial charge in [0, 0.05) is 0 Å². The summed E-state index contributed by atoms with van der Waals surface area (Å²) < 4.78 is 20.8. The number of hydrogen-bond acceptors (Lipinski definition) is 6. The molecule has 0 radical (unpaired) electrons. The van der Waals surface area contributed by atoms with Crippen molar-refractivity contribution in [3.8, 4) is 0 Å². The number of ether oxygens (including phenoxy) is 4. The second kappa shape index (κ2) is 4.52. The Labute approximate surface area is 81.3 Å². The van der Waals surface area contributed by atoms with E-state index in [0.717, 1.165) is 0 Å². The van der Waals surface area contributed by atoms with Crippen LogP contribution in [0, 0.1) is 0 Å². The van der Waals surface area contributed by atoms with Gasteiger partial charge < -0.3 is 29.2 Å². The van der Waals surface area contributed by atoms with Crippen molar-refractivity contribution in [2.45, 2.75) is 24.4 Å². The maximum Gasteiger partial charge on any atom is 0.147 e. The van der Waals surface area contributed by atoms with Gasteiger partial charge in [-0.3, -0.25) is 0 Å². The summed E-state index contributed by atoms with van der Waals surface area (Å²) in [6.45, 7) is 0.0488. The maximum absolute atomic E-state index is 8.99. The van der Waals surface area contributed by atoms with Gasteiger partial charge in [-0.25, -0.2) is 0 Å². The smallest absolute Gasteiger partial charge is 0.147 e. The average Bonchev–Trinajstić information content (AvgIpc) is 2.85. The summed E-state index contributed by atoms with van der Waals surface area (Å²) in [7, 11) is 0. The first kappa shape index (κ1) is 10.3. The first-order valence-electron chi connectivity index (χ1n) is 4.55. The van der Waals surface area contributed by atoms with E-state index in [2.05, 4.69) is 0 Å². The monoisotopic (exact) mass is 206 g/mol. The summed E-state index contributed by atoms with van der Waals surface area (Å²) >= 11 is 0. The standard InChI is InChI=1S/C8H14O6/c9-1-5-7(13-3-11-5)8-6(2-10)12-4-14-8/h5-10H,1-4H2/t5-,6-,7-,8-/m1/s1. The van der Waals surface area contributed by atoms with Crippen LogP contribution in [0.25, 0.3) is 0 Å². The Kier molecular flexibility index (Phi) is 3.32. The second-order valence-electron chi connectivity index (χ2n) is 3.27.